The number of hydrogen-bond acceptors (Lipinski definition) is 4. The Kier molecular flexibility index (Phi) is 3.94. The highest BCUT2D eigenvalue weighted by molar-refractivity contribution is 6.30. The van der Waals surface area contributed by atoms with Gasteiger partial charge in [-0.05, 0) is 36.4 Å². The molecule has 0 saturated carbocycles. The van der Waals surface area contributed by atoms with E-state index in [1.165, 1.54) is 6.33 Å². The van der Waals surface area contributed by atoms with Crippen LogP contribution < -0.4 is 10.5 Å². The van der Waals surface area contributed by atoms with Gasteiger partial charge in [0.15, 0.2) is 0 Å². The Bertz CT molecular complexity index is 786. The zero-order valence-electron chi connectivity index (χ0n) is 12.0. The van der Waals surface area contributed by atoms with Crippen LogP contribution in [0.3, 0.4) is 0 Å². The van der Waals surface area contributed by atoms with Gasteiger partial charge in [0, 0.05) is 16.1 Å². The minimum absolute atomic E-state index is 0.537. The number of nitrogens with zero attached hydrogens (tertiary/aromatic N) is 2. The Balaban J connectivity index is 2.06. The predicted octanol–water partition coefficient (Wildman–Crippen LogP) is 4.05. The van der Waals surface area contributed by atoms with Crippen LogP contribution in [0.5, 0.6) is 5.75 Å². The van der Waals surface area contributed by atoms with Crippen LogP contribution in [0.25, 0.3) is 22.5 Å². The SMILES string of the molecule is COc1ccc(-c2ncnc(-c3ccc(Cl)cc3)c2N)cc1. The smallest absolute Gasteiger partial charge is 0.118 e. The van der Waals surface area contributed by atoms with E-state index in [0.717, 1.165) is 16.9 Å². The molecule has 2 aromatic carbocycles. The van der Waals surface area contributed by atoms with Crippen molar-refractivity contribution in [1.82, 2.24) is 9.97 Å². The van der Waals surface area contributed by atoms with Crippen LogP contribution in [0.15, 0.2) is 54.9 Å². The lowest BCUT2D eigenvalue weighted by atomic mass is 10.1. The maximum Gasteiger partial charge on any atom is 0.118 e. The normalized spacial score (nSPS) is 10.5. The molecule has 0 amide bonds. The molecule has 4 nitrogen and oxygen atoms in total. The molecule has 0 spiro atoms. The van der Waals surface area contributed by atoms with Gasteiger partial charge in [0.1, 0.15) is 12.1 Å². The van der Waals surface area contributed by atoms with Gasteiger partial charge in [0.25, 0.3) is 0 Å². The van der Waals surface area contributed by atoms with Gasteiger partial charge >= 0.3 is 0 Å². The summed E-state index contributed by atoms with van der Waals surface area (Å²) in [6.45, 7) is 0. The van der Waals surface area contributed by atoms with Crippen LogP contribution in [0.1, 0.15) is 0 Å². The topological polar surface area (TPSA) is 61.0 Å². The second-order valence-corrected chi connectivity index (χ2v) is 5.16. The maximum atomic E-state index is 6.27. The van der Waals surface area contributed by atoms with Crippen molar-refractivity contribution in [1.29, 1.82) is 0 Å². The molecule has 1 heterocycles. The Hall–Kier alpha value is -2.59. The molecule has 0 radical (unpaired) electrons. The van der Waals surface area contributed by atoms with Gasteiger partial charge in [-0.25, -0.2) is 9.97 Å². The molecule has 5 heteroatoms. The van der Waals surface area contributed by atoms with Crippen LogP contribution in [-0.2, 0) is 0 Å². The zero-order chi connectivity index (χ0) is 15.5. The third kappa shape index (κ3) is 2.73. The second kappa shape index (κ2) is 6.03. The first-order valence-electron chi connectivity index (χ1n) is 6.70. The number of aromatic nitrogens is 2. The third-order valence-corrected chi connectivity index (χ3v) is 3.62. The number of benzene rings is 2. The van der Waals surface area contributed by atoms with Crippen molar-refractivity contribution in [2.75, 3.05) is 12.8 Å². The van der Waals surface area contributed by atoms with Gasteiger partial charge in [-0.3, -0.25) is 0 Å². The fraction of sp³-hybridized carbons (Fsp3) is 0.0588. The number of ether oxygens (including phenoxy) is 1. The molecule has 0 aliphatic heterocycles. The first kappa shape index (κ1) is 14.4. The Labute approximate surface area is 133 Å². The Morgan fingerprint density at radius 2 is 1.36 bits per heavy atom. The summed E-state index contributed by atoms with van der Waals surface area (Å²) < 4.78 is 5.16. The summed E-state index contributed by atoms with van der Waals surface area (Å²) in [5, 5.41) is 0.673. The molecule has 0 aliphatic carbocycles. The molecule has 22 heavy (non-hydrogen) atoms. The van der Waals surface area contributed by atoms with E-state index in [1.54, 1.807) is 7.11 Å². The summed E-state index contributed by atoms with van der Waals surface area (Å²) in [4.78, 5) is 8.60. The van der Waals surface area contributed by atoms with Crippen molar-refractivity contribution in [2.45, 2.75) is 0 Å². The number of halogens is 1. The van der Waals surface area contributed by atoms with Crippen LogP contribution in [0.4, 0.5) is 5.69 Å². The van der Waals surface area contributed by atoms with Gasteiger partial charge in [-0.2, -0.15) is 0 Å². The molecular formula is C17H14ClN3O. The molecule has 2 N–H and O–H groups in total. The lowest BCUT2D eigenvalue weighted by molar-refractivity contribution is 0.415. The summed E-state index contributed by atoms with van der Waals surface area (Å²) >= 11 is 5.92. The van der Waals surface area contributed by atoms with E-state index in [9.17, 15) is 0 Å². The van der Waals surface area contributed by atoms with Crippen molar-refractivity contribution in [3.8, 4) is 28.3 Å². The monoisotopic (exact) mass is 311 g/mol. The standard InChI is InChI=1S/C17H14ClN3O/c1-22-14-8-4-12(5-9-14)17-15(19)16(20-10-21-17)11-2-6-13(18)7-3-11/h2-10H,19H2,1H3. The van der Waals surface area contributed by atoms with Gasteiger partial charge in [0.05, 0.1) is 24.2 Å². The van der Waals surface area contributed by atoms with E-state index < -0.39 is 0 Å². The zero-order valence-corrected chi connectivity index (χ0v) is 12.7. The van der Waals surface area contributed by atoms with E-state index >= 15 is 0 Å². The van der Waals surface area contributed by atoms with Crippen LogP contribution in [-0.4, -0.2) is 17.1 Å². The average Bonchev–Trinajstić information content (AvgIpc) is 2.56. The second-order valence-electron chi connectivity index (χ2n) is 4.72. The van der Waals surface area contributed by atoms with Gasteiger partial charge in [-0.1, -0.05) is 23.7 Å². The Morgan fingerprint density at radius 1 is 0.864 bits per heavy atom. The quantitative estimate of drug-likeness (QED) is 0.792. The van der Waals surface area contributed by atoms with E-state index in [2.05, 4.69) is 9.97 Å². The fourth-order valence-corrected chi connectivity index (χ4v) is 2.34. The highest BCUT2D eigenvalue weighted by atomic mass is 35.5. The predicted molar refractivity (Wildman–Crippen MR) is 88.9 cm³/mol. The summed E-state index contributed by atoms with van der Waals surface area (Å²) in [5.74, 6) is 0.786. The minimum atomic E-state index is 0.537. The summed E-state index contributed by atoms with van der Waals surface area (Å²) in [6.07, 6.45) is 1.51. The first-order chi connectivity index (χ1) is 10.7. The first-order valence-corrected chi connectivity index (χ1v) is 7.07. The number of rotatable bonds is 3. The number of hydrogen-bond donors (Lipinski definition) is 1. The van der Waals surface area contributed by atoms with Crippen molar-refractivity contribution < 1.29 is 4.74 Å². The molecule has 110 valence electrons. The highest BCUT2D eigenvalue weighted by Crippen LogP contribution is 2.32. The van der Waals surface area contributed by atoms with E-state index in [1.807, 2.05) is 48.5 Å². The van der Waals surface area contributed by atoms with E-state index in [0.29, 0.717) is 22.1 Å². The summed E-state index contributed by atoms with van der Waals surface area (Å²) in [7, 11) is 1.63. The number of nitrogen functional groups attached to an aromatic ring is 1. The van der Waals surface area contributed by atoms with Crippen LogP contribution in [0, 0.1) is 0 Å². The average molecular weight is 312 g/mol. The molecule has 0 saturated heterocycles. The molecule has 0 fully saturated rings. The minimum Gasteiger partial charge on any atom is -0.497 e. The summed E-state index contributed by atoms with van der Waals surface area (Å²) in [6, 6.07) is 15.0. The van der Waals surface area contributed by atoms with E-state index in [-0.39, 0.29) is 0 Å². The molecule has 3 aromatic rings. The number of methoxy groups -OCH3 is 1. The summed E-state index contributed by atoms with van der Waals surface area (Å²) in [5.41, 5.74) is 10.0. The van der Waals surface area contributed by atoms with Crippen LogP contribution in [0.2, 0.25) is 5.02 Å². The number of anilines is 1. The van der Waals surface area contributed by atoms with Crippen molar-refractivity contribution in [2.24, 2.45) is 0 Å². The largest absolute Gasteiger partial charge is 0.497 e. The molecular weight excluding hydrogens is 298 g/mol. The third-order valence-electron chi connectivity index (χ3n) is 3.37. The lowest BCUT2D eigenvalue weighted by Crippen LogP contribution is -1.99. The van der Waals surface area contributed by atoms with Gasteiger partial charge in [-0.15, -0.1) is 0 Å². The van der Waals surface area contributed by atoms with Crippen molar-refractivity contribution >= 4 is 17.3 Å². The lowest BCUT2D eigenvalue weighted by Gasteiger charge is -2.10. The highest BCUT2D eigenvalue weighted by Gasteiger charge is 2.11. The molecule has 3 rings (SSSR count). The molecule has 0 bridgehead atoms. The van der Waals surface area contributed by atoms with Gasteiger partial charge < -0.3 is 10.5 Å². The van der Waals surface area contributed by atoms with Crippen molar-refractivity contribution in [3.63, 3.8) is 0 Å². The van der Waals surface area contributed by atoms with Gasteiger partial charge in [0.2, 0.25) is 0 Å². The molecule has 0 atom stereocenters. The Morgan fingerprint density at radius 3 is 1.86 bits per heavy atom. The van der Waals surface area contributed by atoms with Crippen LogP contribution >= 0.6 is 11.6 Å². The molecule has 0 aliphatic rings. The molecule has 1 aromatic heterocycles. The molecule has 0 unspecified atom stereocenters. The van der Waals surface area contributed by atoms with E-state index in [4.69, 9.17) is 22.1 Å². The van der Waals surface area contributed by atoms with Crippen molar-refractivity contribution in [3.05, 3.63) is 59.9 Å². The maximum absolute atomic E-state index is 6.27. The fourth-order valence-electron chi connectivity index (χ4n) is 2.21. The number of nitrogens with two attached hydrogens (primary N) is 1.